The zero-order chi connectivity index (χ0) is 19.9. The minimum atomic E-state index is -1.24. The monoisotopic (exact) mass is 384 g/mol. The molecule has 1 spiro atoms. The molecule has 150 valence electrons. The van der Waals surface area contributed by atoms with E-state index in [2.05, 4.69) is 12.4 Å². The number of allylic oxidation sites excluding steroid dienone is 1. The molecule has 3 saturated heterocycles. The summed E-state index contributed by atoms with van der Waals surface area (Å²) in [6.45, 7) is 2.94. The number of nitrogens with one attached hydrogen (secondary N) is 1. The third-order valence-corrected chi connectivity index (χ3v) is 8.62. The fourth-order valence-corrected chi connectivity index (χ4v) is 7.68. The van der Waals surface area contributed by atoms with Crippen LogP contribution in [0, 0.1) is 11.3 Å². The first-order valence-electron chi connectivity index (χ1n) is 10.1. The number of hydrogen-bond donors (Lipinski definition) is 2. The van der Waals surface area contributed by atoms with Gasteiger partial charge in [-0.15, -0.1) is 6.61 Å². The van der Waals surface area contributed by atoms with E-state index in [1.54, 1.807) is 0 Å². The van der Waals surface area contributed by atoms with Crippen molar-refractivity contribution in [3.05, 3.63) is 41.5 Å². The molecule has 6 atom stereocenters. The van der Waals surface area contributed by atoms with E-state index >= 15 is 0 Å². The summed E-state index contributed by atoms with van der Waals surface area (Å²) in [7, 11) is 3.54. The van der Waals surface area contributed by atoms with Crippen molar-refractivity contribution in [2.24, 2.45) is 11.3 Å². The summed E-state index contributed by atoms with van der Waals surface area (Å²) in [6.07, 6.45) is 2.45. The lowest BCUT2D eigenvalue weighted by Crippen LogP contribution is -2.79. The standard InChI is InChI=1S/C22H28N2O4/c1-4-14-12-24(2)10-9-21-15-7-5-6-8-17(15)23-22(21,24)18(26)11-16(14)20(21,13-25)19(27)28-3/h4-8,16,18,23,26H,9-13H2,1-3H3/t16-,18-,20?,21+,22?,24?/m1/s1. The van der Waals surface area contributed by atoms with Crippen molar-refractivity contribution in [2.75, 3.05) is 39.2 Å². The zero-order valence-corrected chi connectivity index (χ0v) is 16.7. The SMILES string of the molecule is CC=C1C[N+]2(C)CC[C@@]34c5ccccc5NC32[C@H](O)C[C@H]1C4(C[O-])C(=O)OC. The molecule has 1 aromatic carbocycles. The Kier molecular flexibility index (Phi) is 3.49. The summed E-state index contributed by atoms with van der Waals surface area (Å²) in [5.41, 5.74) is 0.155. The van der Waals surface area contributed by atoms with Gasteiger partial charge in [0, 0.05) is 18.0 Å². The quantitative estimate of drug-likeness (QED) is 0.447. The van der Waals surface area contributed by atoms with Gasteiger partial charge in [-0.25, -0.2) is 0 Å². The second-order valence-corrected chi connectivity index (χ2v) is 9.14. The van der Waals surface area contributed by atoms with Gasteiger partial charge >= 0.3 is 5.97 Å². The number of carbonyl (C=O) groups excluding carboxylic acids is 1. The average Bonchev–Trinajstić information content (AvgIpc) is 3.12. The van der Waals surface area contributed by atoms with Gasteiger partial charge in [0.1, 0.15) is 12.6 Å². The number of carbonyl (C=O) groups is 1. The lowest BCUT2D eigenvalue weighted by molar-refractivity contribution is -0.944. The number of anilines is 1. The third-order valence-electron chi connectivity index (χ3n) is 8.62. The van der Waals surface area contributed by atoms with E-state index in [4.69, 9.17) is 4.74 Å². The molecule has 2 N–H and O–H groups in total. The Labute approximate surface area is 165 Å². The van der Waals surface area contributed by atoms with Crippen molar-refractivity contribution in [2.45, 2.75) is 36.9 Å². The highest BCUT2D eigenvalue weighted by Crippen LogP contribution is 2.73. The van der Waals surface area contributed by atoms with Crippen LogP contribution in [-0.2, 0) is 14.9 Å². The number of fused-ring (bicyclic) bond motifs is 3. The van der Waals surface area contributed by atoms with Crippen LogP contribution in [0.25, 0.3) is 0 Å². The fraction of sp³-hybridized carbons (Fsp3) is 0.591. The summed E-state index contributed by atoms with van der Waals surface area (Å²) in [6, 6.07) is 7.95. The van der Waals surface area contributed by atoms with Crippen molar-refractivity contribution < 1.29 is 24.2 Å². The van der Waals surface area contributed by atoms with Crippen LogP contribution >= 0.6 is 0 Å². The highest BCUT2D eigenvalue weighted by atomic mass is 16.5. The van der Waals surface area contributed by atoms with Crippen LogP contribution in [-0.4, -0.2) is 61.2 Å². The van der Waals surface area contributed by atoms with Crippen LogP contribution in [0.2, 0.25) is 0 Å². The molecule has 6 heteroatoms. The maximum Gasteiger partial charge on any atom is 0.312 e. The Hall–Kier alpha value is -1.89. The number of aliphatic hydroxyl groups is 1. The van der Waals surface area contributed by atoms with Crippen LogP contribution in [0.15, 0.2) is 35.9 Å². The maximum absolute atomic E-state index is 13.5. The number of aliphatic hydroxyl groups excluding tert-OH is 1. The van der Waals surface area contributed by atoms with Gasteiger partial charge in [0.2, 0.25) is 5.66 Å². The Morgan fingerprint density at radius 3 is 2.89 bits per heavy atom. The summed E-state index contributed by atoms with van der Waals surface area (Å²) in [5.74, 6) is -0.754. The van der Waals surface area contributed by atoms with Gasteiger partial charge in [-0.1, -0.05) is 24.3 Å². The van der Waals surface area contributed by atoms with E-state index < -0.39 is 35.2 Å². The smallest absolute Gasteiger partial charge is 0.312 e. The molecular weight excluding hydrogens is 356 g/mol. The number of quaternary nitrogens is 1. The molecule has 0 radical (unpaired) electrons. The van der Waals surface area contributed by atoms with Gasteiger partial charge in [0.15, 0.2) is 0 Å². The van der Waals surface area contributed by atoms with Crippen LogP contribution < -0.4 is 10.4 Å². The number of ether oxygens (including phenoxy) is 1. The first-order chi connectivity index (χ1) is 13.4. The minimum absolute atomic E-state index is 0.321. The largest absolute Gasteiger partial charge is 0.854 e. The fourth-order valence-electron chi connectivity index (χ4n) is 7.68. The number of likely N-dealkylation sites (N-methyl/N-ethyl adjacent to an activating group) is 1. The molecule has 0 amide bonds. The number of methoxy groups -OCH3 is 1. The molecule has 0 aromatic heterocycles. The van der Waals surface area contributed by atoms with Crippen molar-refractivity contribution >= 4 is 11.7 Å². The minimum Gasteiger partial charge on any atom is -0.854 e. The topological polar surface area (TPSA) is 81.6 Å². The maximum atomic E-state index is 13.5. The second-order valence-electron chi connectivity index (χ2n) is 9.14. The van der Waals surface area contributed by atoms with Gasteiger partial charge < -0.3 is 20.3 Å². The Balaban J connectivity index is 1.96. The first kappa shape index (κ1) is 18.2. The molecule has 6 rings (SSSR count). The summed E-state index contributed by atoms with van der Waals surface area (Å²) >= 11 is 0. The molecule has 4 aliphatic heterocycles. The molecule has 1 saturated carbocycles. The van der Waals surface area contributed by atoms with Crippen LogP contribution in [0.5, 0.6) is 0 Å². The van der Waals surface area contributed by atoms with Gasteiger partial charge in [-0.2, -0.15) is 0 Å². The van der Waals surface area contributed by atoms with Crippen molar-refractivity contribution in [3.8, 4) is 0 Å². The molecule has 1 aromatic rings. The number of rotatable bonds is 2. The van der Waals surface area contributed by atoms with E-state index in [0.717, 1.165) is 29.9 Å². The molecule has 4 heterocycles. The molecule has 4 fully saturated rings. The van der Waals surface area contributed by atoms with Crippen LogP contribution in [0.4, 0.5) is 5.69 Å². The van der Waals surface area contributed by atoms with E-state index in [9.17, 15) is 15.0 Å². The number of esters is 1. The second kappa shape index (κ2) is 5.38. The Morgan fingerprint density at radius 2 is 2.21 bits per heavy atom. The number of hydrogen-bond acceptors (Lipinski definition) is 5. The van der Waals surface area contributed by atoms with Gasteiger partial charge in [-0.3, -0.25) is 9.28 Å². The molecular formula is C22H28N2O4. The van der Waals surface area contributed by atoms with Crippen LogP contribution in [0.3, 0.4) is 0 Å². The van der Waals surface area contributed by atoms with Crippen LogP contribution in [0.1, 0.15) is 25.3 Å². The van der Waals surface area contributed by atoms with Gasteiger partial charge in [0.25, 0.3) is 0 Å². The molecule has 6 nitrogen and oxygen atoms in total. The average molecular weight is 384 g/mol. The molecule has 4 bridgehead atoms. The molecule has 28 heavy (non-hydrogen) atoms. The highest BCUT2D eigenvalue weighted by molar-refractivity contribution is 5.85. The van der Waals surface area contributed by atoms with E-state index in [-0.39, 0.29) is 5.92 Å². The van der Waals surface area contributed by atoms with Crippen molar-refractivity contribution in [3.63, 3.8) is 0 Å². The number of para-hydroxylation sites is 1. The normalized spacial score (nSPS) is 46.7. The van der Waals surface area contributed by atoms with Gasteiger partial charge in [0.05, 0.1) is 31.5 Å². The van der Waals surface area contributed by atoms with E-state index in [1.165, 1.54) is 7.11 Å². The summed E-state index contributed by atoms with van der Waals surface area (Å²) in [4.78, 5) is 13.5. The molecule has 3 unspecified atom stereocenters. The predicted molar refractivity (Wildman–Crippen MR) is 102 cm³/mol. The van der Waals surface area contributed by atoms with E-state index in [0.29, 0.717) is 17.3 Å². The van der Waals surface area contributed by atoms with Crippen molar-refractivity contribution in [1.82, 2.24) is 0 Å². The third kappa shape index (κ3) is 1.52. The Morgan fingerprint density at radius 1 is 1.46 bits per heavy atom. The zero-order valence-electron chi connectivity index (χ0n) is 16.7. The molecule has 5 aliphatic rings. The predicted octanol–water partition coefficient (Wildman–Crippen LogP) is 0.757. The number of nitrogens with zero attached hydrogens (tertiary/aromatic N) is 1. The Bertz CT molecular complexity index is 900. The highest BCUT2D eigenvalue weighted by Gasteiger charge is 2.87. The summed E-state index contributed by atoms with van der Waals surface area (Å²) in [5, 5.41) is 28.4. The van der Waals surface area contributed by atoms with Gasteiger partial charge in [-0.05, 0) is 30.5 Å². The number of benzene rings is 1. The summed E-state index contributed by atoms with van der Waals surface area (Å²) < 4.78 is 5.92. The van der Waals surface area contributed by atoms with E-state index in [1.807, 2.05) is 37.3 Å². The molecule has 1 aliphatic carbocycles. The van der Waals surface area contributed by atoms with Crippen molar-refractivity contribution in [1.29, 1.82) is 0 Å². The first-order valence-corrected chi connectivity index (χ1v) is 10.1. The lowest BCUT2D eigenvalue weighted by Gasteiger charge is -2.60. The lowest BCUT2D eigenvalue weighted by atomic mass is 9.45.